The maximum absolute atomic E-state index is 12.6. The average Bonchev–Trinajstić information content (AvgIpc) is 2.93. The summed E-state index contributed by atoms with van der Waals surface area (Å²) in [5.41, 5.74) is 2.47. The summed E-state index contributed by atoms with van der Waals surface area (Å²) in [5.74, 6) is 0.773. The van der Waals surface area contributed by atoms with Gasteiger partial charge in [0.1, 0.15) is 11.4 Å². The van der Waals surface area contributed by atoms with Crippen LogP contribution in [0.5, 0.6) is 0 Å². The van der Waals surface area contributed by atoms with Crippen molar-refractivity contribution in [2.24, 2.45) is 11.3 Å². The molecule has 1 saturated heterocycles. The van der Waals surface area contributed by atoms with Crippen LogP contribution < -0.4 is 0 Å². The van der Waals surface area contributed by atoms with Gasteiger partial charge in [-0.1, -0.05) is 13.0 Å². The molecule has 1 aliphatic carbocycles. The Morgan fingerprint density at radius 1 is 1.48 bits per heavy atom. The van der Waals surface area contributed by atoms with E-state index in [-0.39, 0.29) is 5.91 Å². The van der Waals surface area contributed by atoms with Crippen molar-refractivity contribution in [1.29, 1.82) is 0 Å². The molecule has 2 fully saturated rings. The lowest BCUT2D eigenvalue weighted by Gasteiger charge is -2.19. The summed E-state index contributed by atoms with van der Waals surface area (Å²) in [6.07, 6.45) is 4.18. The number of carbonyl (C=O) groups excluding carboxylic acids is 1. The molecule has 2 atom stereocenters. The Hall–Kier alpha value is -2.17. The lowest BCUT2D eigenvalue weighted by Crippen LogP contribution is -2.32. The summed E-state index contributed by atoms with van der Waals surface area (Å²) in [7, 11) is 0. The molecule has 2 aliphatic rings. The first-order valence-electron chi connectivity index (χ1n) is 7.48. The predicted octanol–water partition coefficient (Wildman–Crippen LogP) is 2.34. The summed E-state index contributed by atoms with van der Waals surface area (Å²) in [4.78, 5) is 18.8. The molecule has 5 nitrogen and oxygen atoms in total. The number of pyridine rings is 1. The minimum Gasteiger partial charge on any atom is -0.336 e. The summed E-state index contributed by atoms with van der Waals surface area (Å²) in [5, 5.41) is 7.07. The van der Waals surface area contributed by atoms with Gasteiger partial charge in [-0.05, 0) is 42.4 Å². The van der Waals surface area contributed by atoms with Crippen LogP contribution in [0.4, 0.5) is 0 Å². The van der Waals surface area contributed by atoms with Gasteiger partial charge in [0, 0.05) is 19.3 Å². The van der Waals surface area contributed by atoms with E-state index in [1.807, 2.05) is 23.1 Å². The number of carbonyl (C=O) groups is 1. The number of piperidine rings is 1. The SMILES string of the molecule is CCC12CC1CN(C(=O)c1cc(-c3ccccn3)n[nH]1)C2. The molecular formula is C16H18N4O. The van der Waals surface area contributed by atoms with E-state index >= 15 is 0 Å². The van der Waals surface area contributed by atoms with Crippen LogP contribution in [0.15, 0.2) is 30.5 Å². The fraction of sp³-hybridized carbons (Fsp3) is 0.438. The van der Waals surface area contributed by atoms with E-state index in [9.17, 15) is 4.79 Å². The minimum absolute atomic E-state index is 0.0599. The smallest absolute Gasteiger partial charge is 0.271 e. The van der Waals surface area contributed by atoms with Crippen molar-refractivity contribution >= 4 is 5.91 Å². The Kier molecular flexibility index (Phi) is 2.64. The number of H-pyrrole nitrogens is 1. The highest BCUT2D eigenvalue weighted by Gasteiger charge is 2.59. The molecule has 0 bridgehead atoms. The average molecular weight is 282 g/mol. The highest BCUT2D eigenvalue weighted by molar-refractivity contribution is 5.93. The van der Waals surface area contributed by atoms with Crippen LogP contribution in [-0.2, 0) is 0 Å². The summed E-state index contributed by atoms with van der Waals surface area (Å²) < 4.78 is 0. The van der Waals surface area contributed by atoms with Crippen molar-refractivity contribution in [1.82, 2.24) is 20.1 Å². The van der Waals surface area contributed by atoms with Gasteiger partial charge in [-0.3, -0.25) is 14.9 Å². The molecule has 0 aromatic carbocycles. The molecule has 1 amide bonds. The Morgan fingerprint density at radius 3 is 3.10 bits per heavy atom. The number of rotatable bonds is 3. The second kappa shape index (κ2) is 4.41. The van der Waals surface area contributed by atoms with Crippen LogP contribution in [0.1, 0.15) is 30.3 Å². The fourth-order valence-corrected chi connectivity index (χ4v) is 3.54. The van der Waals surface area contributed by atoms with Gasteiger partial charge < -0.3 is 4.90 Å². The first kappa shape index (κ1) is 12.6. The summed E-state index contributed by atoms with van der Waals surface area (Å²) in [6, 6.07) is 7.47. The van der Waals surface area contributed by atoms with Gasteiger partial charge in [-0.15, -0.1) is 0 Å². The van der Waals surface area contributed by atoms with Crippen molar-refractivity contribution in [2.75, 3.05) is 13.1 Å². The van der Waals surface area contributed by atoms with Crippen molar-refractivity contribution in [3.05, 3.63) is 36.2 Å². The van der Waals surface area contributed by atoms with Crippen LogP contribution in [0.25, 0.3) is 11.4 Å². The highest BCUT2D eigenvalue weighted by atomic mass is 16.2. The third-order valence-electron chi connectivity index (χ3n) is 5.03. The second-order valence-corrected chi connectivity index (χ2v) is 6.18. The Bertz CT molecular complexity index is 677. The Morgan fingerprint density at radius 2 is 2.38 bits per heavy atom. The molecule has 2 aromatic rings. The van der Waals surface area contributed by atoms with Crippen LogP contribution >= 0.6 is 0 Å². The highest BCUT2D eigenvalue weighted by Crippen LogP contribution is 2.59. The van der Waals surface area contributed by atoms with Crippen molar-refractivity contribution < 1.29 is 4.79 Å². The number of nitrogens with one attached hydrogen (secondary N) is 1. The third kappa shape index (κ3) is 1.95. The number of hydrogen-bond donors (Lipinski definition) is 1. The number of fused-ring (bicyclic) bond motifs is 1. The molecular weight excluding hydrogens is 264 g/mol. The van der Waals surface area contributed by atoms with Gasteiger partial charge in [-0.2, -0.15) is 5.10 Å². The first-order valence-corrected chi connectivity index (χ1v) is 7.48. The largest absolute Gasteiger partial charge is 0.336 e. The zero-order valence-electron chi connectivity index (χ0n) is 12.0. The van der Waals surface area contributed by atoms with Crippen LogP contribution in [0.2, 0.25) is 0 Å². The molecule has 108 valence electrons. The zero-order valence-corrected chi connectivity index (χ0v) is 12.0. The molecule has 0 spiro atoms. The summed E-state index contributed by atoms with van der Waals surface area (Å²) in [6.45, 7) is 4.01. The molecule has 0 radical (unpaired) electrons. The third-order valence-corrected chi connectivity index (χ3v) is 5.03. The number of nitrogens with zero attached hydrogens (tertiary/aromatic N) is 3. The van der Waals surface area contributed by atoms with Crippen molar-refractivity contribution in [3.63, 3.8) is 0 Å². The number of aromatic nitrogens is 3. The maximum atomic E-state index is 12.6. The number of hydrogen-bond acceptors (Lipinski definition) is 3. The van der Waals surface area contributed by atoms with E-state index < -0.39 is 0 Å². The van der Waals surface area contributed by atoms with E-state index in [0.29, 0.717) is 22.7 Å². The van der Waals surface area contributed by atoms with E-state index in [4.69, 9.17) is 0 Å². The number of aromatic amines is 1. The quantitative estimate of drug-likeness (QED) is 0.940. The minimum atomic E-state index is 0.0599. The van der Waals surface area contributed by atoms with Crippen LogP contribution in [0.3, 0.4) is 0 Å². The van der Waals surface area contributed by atoms with E-state index in [0.717, 1.165) is 18.8 Å². The van der Waals surface area contributed by atoms with Gasteiger partial charge in [0.15, 0.2) is 0 Å². The standard InChI is InChI=1S/C16H18N4O/c1-2-16-8-11(16)9-20(10-16)15(21)14-7-13(18-19-14)12-5-3-4-6-17-12/h3-7,11H,2,8-10H2,1H3,(H,18,19). The van der Waals surface area contributed by atoms with Crippen molar-refractivity contribution in [3.8, 4) is 11.4 Å². The number of likely N-dealkylation sites (tertiary alicyclic amines) is 1. The van der Waals surface area contributed by atoms with Gasteiger partial charge >= 0.3 is 0 Å². The first-order chi connectivity index (χ1) is 10.2. The molecule has 1 saturated carbocycles. The molecule has 2 aromatic heterocycles. The van der Waals surface area contributed by atoms with Gasteiger partial charge in [0.25, 0.3) is 5.91 Å². The fourth-order valence-electron chi connectivity index (χ4n) is 3.54. The molecule has 5 heteroatoms. The topological polar surface area (TPSA) is 61.9 Å². The monoisotopic (exact) mass is 282 g/mol. The van der Waals surface area contributed by atoms with E-state index in [1.54, 1.807) is 12.3 Å². The molecule has 3 heterocycles. The second-order valence-electron chi connectivity index (χ2n) is 6.18. The Labute approximate surface area is 123 Å². The molecule has 2 unspecified atom stereocenters. The summed E-state index contributed by atoms with van der Waals surface area (Å²) >= 11 is 0. The van der Waals surface area contributed by atoms with Gasteiger partial charge in [0.05, 0.1) is 5.69 Å². The zero-order chi connectivity index (χ0) is 14.4. The van der Waals surface area contributed by atoms with Crippen LogP contribution in [-0.4, -0.2) is 39.1 Å². The molecule has 4 rings (SSSR count). The Balaban J connectivity index is 1.53. The lowest BCUT2D eigenvalue weighted by atomic mass is 10.0. The van der Waals surface area contributed by atoms with E-state index in [1.165, 1.54) is 12.8 Å². The molecule has 1 aliphatic heterocycles. The van der Waals surface area contributed by atoms with E-state index in [2.05, 4.69) is 22.1 Å². The van der Waals surface area contributed by atoms with Crippen LogP contribution in [0, 0.1) is 11.3 Å². The van der Waals surface area contributed by atoms with Gasteiger partial charge in [0.2, 0.25) is 0 Å². The predicted molar refractivity (Wildman–Crippen MR) is 78.6 cm³/mol. The van der Waals surface area contributed by atoms with Gasteiger partial charge in [-0.25, -0.2) is 0 Å². The maximum Gasteiger partial charge on any atom is 0.271 e. The molecule has 1 N–H and O–H groups in total. The normalized spacial score (nSPS) is 26.7. The van der Waals surface area contributed by atoms with Crippen molar-refractivity contribution in [2.45, 2.75) is 19.8 Å². The lowest BCUT2D eigenvalue weighted by molar-refractivity contribution is 0.0758. The molecule has 21 heavy (non-hydrogen) atoms. The number of amides is 1.